The predicted molar refractivity (Wildman–Crippen MR) is 119 cm³/mol. The van der Waals surface area contributed by atoms with E-state index in [1.165, 1.54) is 0 Å². The molecular formula is C25H41NO7. The molecule has 6 rings (SSSR count). The van der Waals surface area contributed by atoms with Gasteiger partial charge in [-0.15, -0.1) is 0 Å². The summed E-state index contributed by atoms with van der Waals surface area (Å²) in [6, 6.07) is -0.312. The highest BCUT2D eigenvalue weighted by atomic mass is 16.5. The van der Waals surface area contributed by atoms with Gasteiger partial charge in [0.15, 0.2) is 0 Å². The minimum Gasteiger partial charge on any atom is -0.396 e. The zero-order chi connectivity index (χ0) is 23.6. The summed E-state index contributed by atoms with van der Waals surface area (Å²) in [6.07, 6.45) is 1.81. The third kappa shape index (κ3) is 2.16. The second-order valence-corrected chi connectivity index (χ2v) is 11.8. The Hall–Kier alpha value is -0.320. The molecule has 0 aromatic heterocycles. The monoisotopic (exact) mass is 467 g/mol. The van der Waals surface area contributed by atoms with Gasteiger partial charge in [-0.1, -0.05) is 6.92 Å². The Morgan fingerprint density at radius 1 is 1.03 bits per heavy atom. The number of aliphatic hydroxyl groups is 3. The SMILES string of the molecule is CCN1C[C@]2(CO)CC[C@H](OC)[C@@]34C2[C@H](OC)[C@](O)(C13)[C@@]1(O)C[C@H](OC)[C@@H]2C[C@@H]4[C@@H]1[C@H]2OC. The van der Waals surface area contributed by atoms with Crippen LogP contribution in [0.1, 0.15) is 32.6 Å². The van der Waals surface area contributed by atoms with E-state index in [-0.39, 0.29) is 54.6 Å². The van der Waals surface area contributed by atoms with Crippen molar-refractivity contribution in [2.75, 3.05) is 48.1 Å². The highest BCUT2D eigenvalue weighted by Crippen LogP contribution is 2.80. The highest BCUT2D eigenvalue weighted by Gasteiger charge is 2.91. The van der Waals surface area contributed by atoms with Gasteiger partial charge in [0.1, 0.15) is 11.2 Å². The van der Waals surface area contributed by atoms with Crippen LogP contribution in [0.25, 0.3) is 0 Å². The maximum Gasteiger partial charge on any atom is 0.136 e. The van der Waals surface area contributed by atoms with E-state index in [2.05, 4.69) is 11.8 Å². The number of methoxy groups -OCH3 is 4. The number of piperidine rings is 1. The van der Waals surface area contributed by atoms with Crippen molar-refractivity contribution in [3.63, 3.8) is 0 Å². The number of hydrogen-bond donors (Lipinski definition) is 3. The van der Waals surface area contributed by atoms with Crippen LogP contribution in [0.2, 0.25) is 0 Å². The number of likely N-dealkylation sites (tertiary alicyclic amines) is 1. The van der Waals surface area contributed by atoms with Gasteiger partial charge in [0, 0.05) is 70.0 Å². The van der Waals surface area contributed by atoms with E-state index in [1.807, 2.05) is 0 Å². The van der Waals surface area contributed by atoms with Crippen LogP contribution >= 0.6 is 0 Å². The molecule has 0 radical (unpaired) electrons. The Kier molecular flexibility index (Phi) is 4.99. The minimum atomic E-state index is -1.52. The summed E-state index contributed by atoms with van der Waals surface area (Å²) in [6.45, 7) is 3.59. The average Bonchev–Trinajstić information content (AvgIpc) is 3.24. The van der Waals surface area contributed by atoms with Crippen molar-refractivity contribution in [1.82, 2.24) is 4.90 Å². The molecule has 6 fully saturated rings. The van der Waals surface area contributed by atoms with Crippen molar-refractivity contribution >= 4 is 0 Å². The zero-order valence-corrected chi connectivity index (χ0v) is 20.6. The van der Waals surface area contributed by atoms with Gasteiger partial charge in [-0.3, -0.25) is 4.90 Å². The summed E-state index contributed by atoms with van der Waals surface area (Å²) >= 11 is 0. The number of rotatable bonds is 6. The molecule has 5 aliphatic carbocycles. The van der Waals surface area contributed by atoms with Gasteiger partial charge < -0.3 is 34.3 Å². The van der Waals surface area contributed by atoms with Crippen LogP contribution in [0.3, 0.4) is 0 Å². The molecule has 6 aliphatic rings. The van der Waals surface area contributed by atoms with Crippen LogP contribution in [-0.2, 0) is 18.9 Å². The minimum absolute atomic E-state index is 0.0443. The highest BCUT2D eigenvalue weighted by molar-refractivity contribution is 5.41. The van der Waals surface area contributed by atoms with E-state index >= 15 is 0 Å². The van der Waals surface area contributed by atoms with Crippen molar-refractivity contribution in [1.29, 1.82) is 0 Å². The smallest absolute Gasteiger partial charge is 0.136 e. The summed E-state index contributed by atoms with van der Waals surface area (Å²) in [5, 5.41) is 36.6. The third-order valence-electron chi connectivity index (χ3n) is 11.6. The van der Waals surface area contributed by atoms with E-state index in [0.717, 1.165) is 25.8 Å². The molecule has 3 N–H and O–H groups in total. The molecule has 8 heteroatoms. The van der Waals surface area contributed by atoms with E-state index in [9.17, 15) is 15.3 Å². The summed E-state index contributed by atoms with van der Waals surface area (Å²) in [4.78, 5) is 2.33. The molecule has 1 saturated heterocycles. The molecule has 2 unspecified atom stereocenters. The average molecular weight is 468 g/mol. The number of nitrogens with zero attached hydrogens (tertiary/aromatic N) is 1. The predicted octanol–water partition coefficient (Wildman–Crippen LogP) is 0.271. The summed E-state index contributed by atoms with van der Waals surface area (Å²) in [5.41, 5.74) is -3.78. The summed E-state index contributed by atoms with van der Waals surface area (Å²) in [5.74, 6) is -0.0916. The van der Waals surface area contributed by atoms with Gasteiger partial charge in [-0.2, -0.15) is 0 Å². The van der Waals surface area contributed by atoms with Crippen molar-refractivity contribution < 1.29 is 34.3 Å². The second-order valence-electron chi connectivity index (χ2n) is 11.8. The first-order valence-corrected chi connectivity index (χ1v) is 12.7. The maximum absolute atomic E-state index is 13.0. The van der Waals surface area contributed by atoms with Gasteiger partial charge in [0.2, 0.25) is 0 Å². The molecular weight excluding hydrogens is 426 g/mol. The standard InChI is InChI=1S/C25H41NO7/c1-6-26-11-22(12-27)8-7-16(31-3)24-14-9-13-15(30-2)10-23(28,17(14)18(13)32-4)25(29,21(24)26)20(33-5)19(22)24/h13-21,27-29H,6-12H2,1-5H3/t13-,14+,15-,16-,17+,18-,19?,20-,21?,22-,23+,24-,25-/m0/s1. The molecule has 7 bridgehead atoms. The number of hydrogen-bond acceptors (Lipinski definition) is 8. The fourth-order valence-corrected chi connectivity index (χ4v) is 11.0. The van der Waals surface area contributed by atoms with Crippen LogP contribution in [0.4, 0.5) is 0 Å². The lowest BCUT2D eigenvalue weighted by Crippen LogP contribution is -2.82. The summed E-state index contributed by atoms with van der Waals surface area (Å²) < 4.78 is 24.5. The van der Waals surface area contributed by atoms with Crippen LogP contribution in [0.15, 0.2) is 0 Å². The fraction of sp³-hybridized carbons (Fsp3) is 1.00. The van der Waals surface area contributed by atoms with Crippen LogP contribution in [0, 0.1) is 34.5 Å². The largest absolute Gasteiger partial charge is 0.396 e. The van der Waals surface area contributed by atoms with Crippen molar-refractivity contribution in [2.24, 2.45) is 34.5 Å². The molecule has 8 nitrogen and oxygen atoms in total. The molecule has 0 amide bonds. The van der Waals surface area contributed by atoms with Crippen LogP contribution in [0.5, 0.6) is 0 Å². The maximum atomic E-state index is 13.0. The Morgan fingerprint density at radius 3 is 2.36 bits per heavy atom. The van der Waals surface area contributed by atoms with Gasteiger partial charge in [0.05, 0.1) is 37.1 Å². The molecule has 1 heterocycles. The first-order chi connectivity index (χ1) is 15.8. The molecule has 1 aliphatic heterocycles. The lowest BCUT2D eigenvalue weighted by Gasteiger charge is -2.70. The van der Waals surface area contributed by atoms with E-state index in [1.54, 1.807) is 28.4 Å². The van der Waals surface area contributed by atoms with Crippen molar-refractivity contribution in [2.45, 2.75) is 74.3 Å². The first kappa shape index (κ1) is 23.1. The lowest BCUT2D eigenvalue weighted by molar-refractivity contribution is -0.320. The Morgan fingerprint density at radius 2 is 1.79 bits per heavy atom. The van der Waals surface area contributed by atoms with E-state index < -0.39 is 28.1 Å². The van der Waals surface area contributed by atoms with Crippen molar-refractivity contribution in [3.8, 4) is 0 Å². The molecule has 13 atom stereocenters. The van der Waals surface area contributed by atoms with Crippen molar-refractivity contribution in [3.05, 3.63) is 0 Å². The Balaban J connectivity index is 1.68. The normalized spacial score (nSPS) is 60.9. The van der Waals surface area contributed by atoms with Gasteiger partial charge in [-0.05, 0) is 31.7 Å². The molecule has 0 aromatic rings. The van der Waals surface area contributed by atoms with E-state index in [4.69, 9.17) is 18.9 Å². The lowest BCUT2D eigenvalue weighted by atomic mass is 9.42. The van der Waals surface area contributed by atoms with E-state index in [0.29, 0.717) is 13.0 Å². The van der Waals surface area contributed by atoms with Crippen LogP contribution in [-0.4, -0.2) is 110 Å². The van der Waals surface area contributed by atoms with Gasteiger partial charge in [0.25, 0.3) is 0 Å². The Bertz CT molecular complexity index is 814. The molecule has 188 valence electrons. The number of ether oxygens (including phenoxy) is 4. The van der Waals surface area contributed by atoms with Crippen LogP contribution < -0.4 is 0 Å². The molecule has 33 heavy (non-hydrogen) atoms. The quantitative estimate of drug-likeness (QED) is 0.512. The zero-order valence-electron chi connectivity index (χ0n) is 20.6. The fourth-order valence-electron chi connectivity index (χ4n) is 11.0. The van der Waals surface area contributed by atoms with Gasteiger partial charge in [-0.25, -0.2) is 0 Å². The number of likely N-dealkylation sites (N-methyl/N-ethyl adjacent to an activating group) is 1. The topological polar surface area (TPSA) is 101 Å². The Labute approximate surface area is 196 Å². The molecule has 0 aromatic carbocycles. The number of aliphatic hydroxyl groups excluding tert-OH is 1. The number of fused-ring (bicyclic) bond motifs is 2. The second kappa shape index (κ2) is 7.13. The third-order valence-corrected chi connectivity index (χ3v) is 11.6. The summed E-state index contributed by atoms with van der Waals surface area (Å²) in [7, 11) is 6.85. The molecule has 5 saturated carbocycles. The molecule has 1 spiro atoms. The first-order valence-electron chi connectivity index (χ1n) is 12.7. The van der Waals surface area contributed by atoms with Gasteiger partial charge >= 0.3 is 0 Å².